The molecule has 3 rings (SSSR count). The second kappa shape index (κ2) is 6.02. The van der Waals surface area contributed by atoms with Gasteiger partial charge in [0.2, 0.25) is 0 Å². The van der Waals surface area contributed by atoms with Crippen molar-refractivity contribution in [2.24, 2.45) is 0 Å². The van der Waals surface area contributed by atoms with Gasteiger partial charge in [-0.25, -0.2) is 4.98 Å². The van der Waals surface area contributed by atoms with E-state index < -0.39 is 0 Å². The lowest BCUT2D eigenvalue weighted by Crippen LogP contribution is -2.20. The van der Waals surface area contributed by atoms with Crippen LogP contribution in [0.1, 0.15) is 5.76 Å². The Labute approximate surface area is 129 Å². The Hall–Kier alpha value is -2.61. The number of hydrogen-bond donors (Lipinski definition) is 1. The van der Waals surface area contributed by atoms with Crippen LogP contribution in [0.4, 0.5) is 5.13 Å². The number of nitrogens with one attached hydrogen (secondary N) is 1. The number of amides is 1. The number of nitrogens with zero attached hydrogens (tertiary/aromatic N) is 2. The van der Waals surface area contributed by atoms with Crippen molar-refractivity contribution in [3.63, 3.8) is 0 Å². The first-order valence-corrected chi connectivity index (χ1v) is 7.27. The molecule has 8 heteroatoms. The van der Waals surface area contributed by atoms with E-state index in [1.807, 2.05) is 18.2 Å². The van der Waals surface area contributed by atoms with Gasteiger partial charge in [0.05, 0.1) is 11.8 Å². The number of carbonyl (C=O) groups excluding carboxylic acids is 1. The van der Waals surface area contributed by atoms with Gasteiger partial charge in [-0.3, -0.25) is 10.1 Å². The number of hydrogen-bond acceptors (Lipinski definition) is 7. The van der Waals surface area contributed by atoms with E-state index >= 15 is 0 Å². The van der Waals surface area contributed by atoms with Gasteiger partial charge in [0.15, 0.2) is 11.7 Å². The predicted octanol–water partition coefficient (Wildman–Crippen LogP) is 2.62. The quantitative estimate of drug-likeness (QED) is 0.778. The van der Waals surface area contributed by atoms with Crippen molar-refractivity contribution in [3.05, 3.63) is 30.0 Å². The zero-order valence-electron chi connectivity index (χ0n) is 12.0. The molecule has 1 aromatic carbocycles. The van der Waals surface area contributed by atoms with E-state index in [1.54, 1.807) is 20.1 Å². The molecule has 0 aliphatic heterocycles. The highest BCUT2D eigenvalue weighted by atomic mass is 32.1. The van der Waals surface area contributed by atoms with Crippen LogP contribution in [0.2, 0.25) is 0 Å². The van der Waals surface area contributed by atoms with E-state index in [0.29, 0.717) is 16.6 Å². The van der Waals surface area contributed by atoms with Gasteiger partial charge in [0, 0.05) is 6.07 Å². The number of ether oxygens (including phenoxy) is 2. The molecule has 0 radical (unpaired) electrons. The minimum absolute atomic E-state index is 0.168. The Bertz CT molecular complexity index is 811. The molecule has 0 spiro atoms. The van der Waals surface area contributed by atoms with Crippen LogP contribution in [0.3, 0.4) is 0 Å². The van der Waals surface area contributed by atoms with E-state index in [9.17, 15) is 4.79 Å². The van der Waals surface area contributed by atoms with Crippen LogP contribution in [0.15, 0.2) is 28.8 Å². The van der Waals surface area contributed by atoms with Crippen LogP contribution in [-0.4, -0.2) is 29.8 Å². The highest BCUT2D eigenvalue weighted by molar-refractivity contribution is 7.22. The van der Waals surface area contributed by atoms with Gasteiger partial charge in [0.1, 0.15) is 17.0 Å². The number of benzene rings is 1. The number of fused-ring (bicyclic) bond motifs is 1. The van der Waals surface area contributed by atoms with E-state index in [2.05, 4.69) is 15.5 Å². The molecule has 2 aromatic heterocycles. The standard InChI is InChI=1S/C14H13N3O4S/c1-8-6-12(17-21-8)20-7-11(18)15-14-16-13-9(19-2)4-3-5-10(13)22-14/h3-6H,7H2,1-2H3,(H,15,16,18). The number of anilines is 1. The summed E-state index contributed by atoms with van der Waals surface area (Å²) in [5, 5.41) is 6.82. The number of para-hydroxylation sites is 1. The summed E-state index contributed by atoms with van der Waals surface area (Å²) in [5.41, 5.74) is 0.721. The van der Waals surface area contributed by atoms with E-state index in [0.717, 1.165) is 10.2 Å². The number of thiazole rings is 1. The Morgan fingerprint density at radius 3 is 3.05 bits per heavy atom. The average Bonchev–Trinajstić information content (AvgIpc) is 3.10. The van der Waals surface area contributed by atoms with Crippen LogP contribution in [-0.2, 0) is 4.79 Å². The molecule has 0 unspecified atom stereocenters. The van der Waals surface area contributed by atoms with Gasteiger partial charge in [-0.15, -0.1) is 0 Å². The molecule has 7 nitrogen and oxygen atoms in total. The van der Waals surface area contributed by atoms with Crippen LogP contribution in [0.25, 0.3) is 10.2 Å². The minimum atomic E-state index is -0.321. The van der Waals surface area contributed by atoms with E-state index in [4.69, 9.17) is 14.0 Å². The first-order valence-electron chi connectivity index (χ1n) is 6.45. The largest absolute Gasteiger partial charge is 0.494 e. The third-order valence-corrected chi connectivity index (χ3v) is 3.74. The highest BCUT2D eigenvalue weighted by Gasteiger charge is 2.12. The molecule has 0 aliphatic rings. The number of carbonyl (C=O) groups is 1. The molecule has 1 amide bonds. The van der Waals surface area contributed by atoms with Crippen molar-refractivity contribution >= 4 is 32.6 Å². The van der Waals surface area contributed by atoms with E-state index in [-0.39, 0.29) is 18.4 Å². The van der Waals surface area contributed by atoms with Crippen molar-refractivity contribution < 1.29 is 18.8 Å². The van der Waals surface area contributed by atoms with E-state index in [1.165, 1.54) is 11.3 Å². The topological polar surface area (TPSA) is 86.5 Å². The summed E-state index contributed by atoms with van der Waals surface area (Å²) >= 11 is 1.37. The number of rotatable bonds is 5. The third kappa shape index (κ3) is 3.01. The van der Waals surface area contributed by atoms with Crippen molar-refractivity contribution in [1.29, 1.82) is 0 Å². The molecule has 114 valence electrons. The lowest BCUT2D eigenvalue weighted by Gasteiger charge is -2.01. The minimum Gasteiger partial charge on any atom is -0.494 e. The molecule has 0 fully saturated rings. The predicted molar refractivity (Wildman–Crippen MR) is 81.5 cm³/mol. The van der Waals surface area contributed by atoms with Gasteiger partial charge < -0.3 is 14.0 Å². The highest BCUT2D eigenvalue weighted by Crippen LogP contribution is 2.31. The summed E-state index contributed by atoms with van der Waals surface area (Å²) in [5.74, 6) is 1.24. The monoisotopic (exact) mass is 319 g/mol. The van der Waals surface area contributed by atoms with Gasteiger partial charge in [0.25, 0.3) is 11.8 Å². The number of aryl methyl sites for hydroxylation is 1. The van der Waals surface area contributed by atoms with Crippen LogP contribution in [0, 0.1) is 6.92 Å². The van der Waals surface area contributed by atoms with Crippen LogP contribution < -0.4 is 14.8 Å². The summed E-state index contributed by atoms with van der Waals surface area (Å²) in [7, 11) is 1.58. The molecule has 0 saturated carbocycles. The molecule has 0 saturated heterocycles. The zero-order valence-corrected chi connectivity index (χ0v) is 12.8. The Morgan fingerprint density at radius 1 is 1.45 bits per heavy atom. The molecule has 3 aromatic rings. The number of methoxy groups -OCH3 is 1. The summed E-state index contributed by atoms with van der Waals surface area (Å²) in [4.78, 5) is 16.2. The van der Waals surface area contributed by atoms with Crippen molar-refractivity contribution in [2.45, 2.75) is 6.92 Å². The maximum Gasteiger partial charge on any atom is 0.264 e. The zero-order chi connectivity index (χ0) is 15.5. The summed E-state index contributed by atoms with van der Waals surface area (Å²) in [6.07, 6.45) is 0. The second-order valence-corrected chi connectivity index (χ2v) is 5.47. The second-order valence-electron chi connectivity index (χ2n) is 4.44. The van der Waals surface area contributed by atoms with Crippen LogP contribution in [0.5, 0.6) is 11.6 Å². The smallest absolute Gasteiger partial charge is 0.264 e. The molecule has 1 N–H and O–H groups in total. The number of aromatic nitrogens is 2. The van der Waals surface area contributed by atoms with Gasteiger partial charge in [-0.2, -0.15) is 0 Å². The normalized spacial score (nSPS) is 10.6. The van der Waals surface area contributed by atoms with Crippen molar-refractivity contribution in [3.8, 4) is 11.6 Å². The molecule has 0 bridgehead atoms. The Balaban J connectivity index is 1.66. The van der Waals surface area contributed by atoms with Gasteiger partial charge in [-0.1, -0.05) is 17.4 Å². The molecule has 0 atom stereocenters. The molecule has 22 heavy (non-hydrogen) atoms. The average molecular weight is 319 g/mol. The molecule has 2 heterocycles. The first kappa shape index (κ1) is 14.3. The first-order chi connectivity index (χ1) is 10.7. The van der Waals surface area contributed by atoms with Gasteiger partial charge in [-0.05, 0) is 24.2 Å². The molecular formula is C14H13N3O4S. The Morgan fingerprint density at radius 2 is 2.32 bits per heavy atom. The fourth-order valence-corrected chi connectivity index (χ4v) is 2.75. The SMILES string of the molecule is COc1cccc2sc(NC(=O)COc3cc(C)on3)nc12. The fourth-order valence-electron chi connectivity index (χ4n) is 1.85. The fraction of sp³-hybridized carbons (Fsp3) is 0.214. The lowest BCUT2D eigenvalue weighted by molar-refractivity contribution is -0.118. The maximum absolute atomic E-state index is 11.9. The summed E-state index contributed by atoms with van der Waals surface area (Å²) < 4.78 is 16.2. The third-order valence-electron chi connectivity index (χ3n) is 2.81. The molecule has 0 aliphatic carbocycles. The van der Waals surface area contributed by atoms with Crippen LogP contribution >= 0.6 is 11.3 Å². The maximum atomic E-state index is 11.9. The van der Waals surface area contributed by atoms with Crippen molar-refractivity contribution in [2.75, 3.05) is 19.0 Å². The lowest BCUT2D eigenvalue weighted by atomic mass is 10.3. The summed E-state index contributed by atoms with van der Waals surface area (Å²) in [6, 6.07) is 7.22. The Kier molecular flexibility index (Phi) is 3.92. The van der Waals surface area contributed by atoms with Crippen molar-refractivity contribution in [1.82, 2.24) is 10.1 Å². The summed E-state index contributed by atoms with van der Waals surface area (Å²) in [6.45, 7) is 1.58. The van der Waals surface area contributed by atoms with Gasteiger partial charge >= 0.3 is 0 Å². The molecular weight excluding hydrogens is 306 g/mol.